The Balaban J connectivity index is 2.32. The zero-order valence-electron chi connectivity index (χ0n) is 8.38. The molecule has 0 aliphatic carbocycles. The van der Waals surface area contributed by atoms with Gasteiger partial charge in [0.25, 0.3) is 0 Å². The van der Waals surface area contributed by atoms with Crippen molar-refractivity contribution in [3.8, 4) is 0 Å². The Morgan fingerprint density at radius 2 is 2.27 bits per heavy atom. The quantitative estimate of drug-likeness (QED) is 0.726. The number of hydrogen-bond donors (Lipinski definition) is 0. The van der Waals surface area contributed by atoms with E-state index in [4.69, 9.17) is 0 Å². The van der Waals surface area contributed by atoms with Crippen molar-refractivity contribution in [1.29, 1.82) is 0 Å². The molecule has 0 saturated carbocycles. The molecule has 0 amide bonds. The summed E-state index contributed by atoms with van der Waals surface area (Å²) in [4.78, 5) is 14.8. The third-order valence-corrected chi connectivity index (χ3v) is 2.40. The molecule has 78 valence electrons. The highest BCUT2D eigenvalue weighted by Crippen LogP contribution is 2.13. The van der Waals surface area contributed by atoms with Crippen LogP contribution in [0.15, 0.2) is 30.6 Å². The van der Waals surface area contributed by atoms with Gasteiger partial charge in [0.15, 0.2) is 0 Å². The maximum atomic E-state index is 10.6. The number of aliphatic carboxylic acids is 1. The first-order chi connectivity index (χ1) is 7.18. The van der Waals surface area contributed by atoms with Crippen LogP contribution in [0.3, 0.4) is 0 Å². The van der Waals surface area contributed by atoms with E-state index in [9.17, 15) is 9.90 Å². The number of carbonyl (C=O) groups is 1. The number of carboxylic acid groups (broad SMARTS) is 1. The van der Waals surface area contributed by atoms with E-state index < -0.39 is 11.9 Å². The molecule has 0 aliphatic rings. The van der Waals surface area contributed by atoms with Crippen LogP contribution in [0.1, 0.15) is 6.92 Å². The molecule has 1 heterocycles. The Kier molecular flexibility index (Phi) is 2.41. The SMILES string of the molecule is CC(Cn1cnc2ccccc21)C(=O)[O-]. The molecule has 1 aromatic carbocycles. The highest BCUT2D eigenvalue weighted by atomic mass is 16.4. The summed E-state index contributed by atoms with van der Waals surface area (Å²) >= 11 is 0. The molecule has 0 saturated heterocycles. The van der Waals surface area contributed by atoms with Crippen LogP contribution < -0.4 is 5.11 Å². The Morgan fingerprint density at radius 1 is 1.53 bits per heavy atom. The standard InChI is InChI=1S/C11H12N2O2/c1-8(11(14)15)6-13-7-12-9-4-2-3-5-10(9)13/h2-5,7-8H,6H2,1H3,(H,14,15)/p-1. The second kappa shape index (κ2) is 3.73. The van der Waals surface area contributed by atoms with Crippen molar-refractivity contribution in [2.45, 2.75) is 13.5 Å². The van der Waals surface area contributed by atoms with Crippen LogP contribution >= 0.6 is 0 Å². The molecule has 0 radical (unpaired) electrons. The third kappa shape index (κ3) is 1.83. The van der Waals surface area contributed by atoms with E-state index in [0.717, 1.165) is 11.0 Å². The number of fused-ring (bicyclic) bond motifs is 1. The summed E-state index contributed by atoms with van der Waals surface area (Å²) in [6.45, 7) is 2.02. The summed E-state index contributed by atoms with van der Waals surface area (Å²) in [7, 11) is 0. The van der Waals surface area contributed by atoms with Gasteiger partial charge in [-0.05, 0) is 12.1 Å². The minimum absolute atomic E-state index is 0.392. The second-order valence-electron chi connectivity index (χ2n) is 3.61. The van der Waals surface area contributed by atoms with Crippen molar-refractivity contribution in [2.75, 3.05) is 0 Å². The topological polar surface area (TPSA) is 58.0 Å². The number of hydrogen-bond acceptors (Lipinski definition) is 3. The van der Waals surface area contributed by atoms with E-state index in [2.05, 4.69) is 4.98 Å². The van der Waals surface area contributed by atoms with Gasteiger partial charge < -0.3 is 14.5 Å². The smallest absolute Gasteiger partial charge is 0.0958 e. The van der Waals surface area contributed by atoms with Gasteiger partial charge in [-0.2, -0.15) is 0 Å². The molecule has 4 nitrogen and oxygen atoms in total. The molecular formula is C11H11N2O2-. The molecule has 1 unspecified atom stereocenters. The van der Waals surface area contributed by atoms with Crippen LogP contribution in [-0.2, 0) is 11.3 Å². The van der Waals surface area contributed by atoms with Crippen LogP contribution in [0.5, 0.6) is 0 Å². The number of aromatic nitrogens is 2. The number of carboxylic acids is 1. The van der Waals surface area contributed by atoms with Crippen molar-refractivity contribution in [2.24, 2.45) is 5.92 Å². The highest BCUT2D eigenvalue weighted by molar-refractivity contribution is 5.75. The van der Waals surface area contributed by atoms with Gasteiger partial charge in [0.2, 0.25) is 0 Å². The first-order valence-corrected chi connectivity index (χ1v) is 4.79. The third-order valence-electron chi connectivity index (χ3n) is 2.40. The lowest BCUT2D eigenvalue weighted by molar-refractivity contribution is -0.311. The van der Waals surface area contributed by atoms with Gasteiger partial charge in [-0.3, -0.25) is 0 Å². The minimum atomic E-state index is -1.03. The fourth-order valence-corrected chi connectivity index (χ4v) is 1.53. The largest absolute Gasteiger partial charge is 0.550 e. The molecule has 4 heteroatoms. The van der Waals surface area contributed by atoms with Crippen LogP contribution in [0, 0.1) is 5.92 Å². The Hall–Kier alpha value is -1.84. The van der Waals surface area contributed by atoms with E-state index in [1.54, 1.807) is 13.3 Å². The van der Waals surface area contributed by atoms with Gasteiger partial charge in [0, 0.05) is 18.4 Å². The summed E-state index contributed by atoms with van der Waals surface area (Å²) in [6.07, 6.45) is 1.66. The van der Waals surface area contributed by atoms with E-state index in [1.807, 2.05) is 28.8 Å². The van der Waals surface area contributed by atoms with Gasteiger partial charge in [0.05, 0.1) is 17.4 Å². The number of imidazole rings is 1. The first kappa shape index (κ1) is 9.71. The summed E-state index contributed by atoms with van der Waals surface area (Å²) in [5.41, 5.74) is 1.83. The summed E-state index contributed by atoms with van der Waals surface area (Å²) in [6, 6.07) is 7.63. The van der Waals surface area contributed by atoms with Gasteiger partial charge in [-0.25, -0.2) is 4.98 Å². The number of benzene rings is 1. The number of rotatable bonds is 3. The molecule has 0 fully saturated rings. The lowest BCUT2D eigenvalue weighted by Crippen LogP contribution is -2.31. The zero-order chi connectivity index (χ0) is 10.8. The Labute approximate surface area is 87.2 Å². The van der Waals surface area contributed by atoms with E-state index >= 15 is 0 Å². The monoisotopic (exact) mass is 203 g/mol. The summed E-state index contributed by atoms with van der Waals surface area (Å²) in [5, 5.41) is 10.6. The molecular weight excluding hydrogens is 192 g/mol. The average molecular weight is 203 g/mol. The fourth-order valence-electron chi connectivity index (χ4n) is 1.53. The fraction of sp³-hybridized carbons (Fsp3) is 0.273. The molecule has 1 aromatic heterocycles. The Morgan fingerprint density at radius 3 is 3.00 bits per heavy atom. The molecule has 0 spiro atoms. The number of carbonyl (C=O) groups excluding carboxylic acids is 1. The molecule has 0 bridgehead atoms. The second-order valence-corrected chi connectivity index (χ2v) is 3.61. The molecule has 1 atom stereocenters. The zero-order valence-corrected chi connectivity index (χ0v) is 8.38. The van der Waals surface area contributed by atoms with Crippen LogP contribution in [0.4, 0.5) is 0 Å². The molecule has 15 heavy (non-hydrogen) atoms. The minimum Gasteiger partial charge on any atom is -0.550 e. The summed E-state index contributed by atoms with van der Waals surface area (Å²) in [5.74, 6) is -1.55. The average Bonchev–Trinajstić information content (AvgIpc) is 2.62. The van der Waals surface area contributed by atoms with Gasteiger partial charge in [-0.1, -0.05) is 19.1 Å². The lowest BCUT2D eigenvalue weighted by Gasteiger charge is -2.13. The van der Waals surface area contributed by atoms with Crippen molar-refractivity contribution in [3.05, 3.63) is 30.6 Å². The van der Waals surface area contributed by atoms with E-state index in [1.165, 1.54) is 0 Å². The number of nitrogens with zero attached hydrogens (tertiary/aromatic N) is 2. The van der Waals surface area contributed by atoms with Crippen LogP contribution in [-0.4, -0.2) is 15.5 Å². The maximum Gasteiger partial charge on any atom is 0.0958 e. The first-order valence-electron chi connectivity index (χ1n) is 4.79. The normalized spacial score (nSPS) is 12.9. The van der Waals surface area contributed by atoms with Gasteiger partial charge >= 0.3 is 0 Å². The van der Waals surface area contributed by atoms with E-state index in [-0.39, 0.29) is 0 Å². The van der Waals surface area contributed by atoms with Gasteiger partial charge in [0.1, 0.15) is 0 Å². The number of para-hydroxylation sites is 2. The molecule has 2 rings (SSSR count). The van der Waals surface area contributed by atoms with Crippen molar-refractivity contribution < 1.29 is 9.90 Å². The predicted octanol–water partition coefficient (Wildman–Crippen LogP) is 0.422. The predicted molar refractivity (Wildman–Crippen MR) is 53.9 cm³/mol. The maximum absolute atomic E-state index is 10.6. The van der Waals surface area contributed by atoms with E-state index in [0.29, 0.717) is 6.54 Å². The molecule has 0 aliphatic heterocycles. The molecule has 0 N–H and O–H groups in total. The van der Waals surface area contributed by atoms with Gasteiger partial charge in [-0.15, -0.1) is 0 Å². The highest BCUT2D eigenvalue weighted by Gasteiger charge is 2.06. The van der Waals surface area contributed by atoms with Crippen LogP contribution in [0.2, 0.25) is 0 Å². The lowest BCUT2D eigenvalue weighted by atomic mass is 10.2. The van der Waals surface area contributed by atoms with Crippen LogP contribution in [0.25, 0.3) is 11.0 Å². The molecule has 2 aromatic rings. The van der Waals surface area contributed by atoms with Crippen molar-refractivity contribution in [1.82, 2.24) is 9.55 Å². The summed E-state index contributed by atoms with van der Waals surface area (Å²) < 4.78 is 1.83. The Bertz CT molecular complexity index is 490. The van der Waals surface area contributed by atoms with Crippen molar-refractivity contribution in [3.63, 3.8) is 0 Å². The van der Waals surface area contributed by atoms with Crippen molar-refractivity contribution >= 4 is 17.0 Å².